The van der Waals surface area contributed by atoms with Crippen LogP contribution < -0.4 is 0 Å². The Bertz CT molecular complexity index is 650. The predicted molar refractivity (Wildman–Crippen MR) is 75.3 cm³/mol. The number of benzene rings is 1. The van der Waals surface area contributed by atoms with Gasteiger partial charge in [-0.25, -0.2) is 8.78 Å². The molecule has 1 aromatic rings. The summed E-state index contributed by atoms with van der Waals surface area (Å²) in [6, 6.07) is 3.45. The second kappa shape index (κ2) is 6.52. The molecule has 23 heavy (non-hydrogen) atoms. The van der Waals surface area contributed by atoms with E-state index in [2.05, 4.69) is 6.58 Å². The van der Waals surface area contributed by atoms with Gasteiger partial charge in [-0.1, -0.05) is 24.3 Å². The lowest BCUT2D eigenvalue weighted by Crippen LogP contribution is -2.41. The van der Waals surface area contributed by atoms with Gasteiger partial charge in [-0.05, 0) is 18.1 Å². The lowest BCUT2D eigenvalue weighted by Gasteiger charge is -2.25. The number of hydrogen-bond acceptors (Lipinski definition) is 1. The maximum absolute atomic E-state index is 13.9. The van der Waals surface area contributed by atoms with Crippen LogP contribution in [0.15, 0.2) is 36.9 Å². The van der Waals surface area contributed by atoms with Gasteiger partial charge in [-0.2, -0.15) is 13.2 Å². The highest BCUT2D eigenvalue weighted by atomic mass is 19.4. The maximum Gasteiger partial charge on any atom is 0.406 e. The van der Waals surface area contributed by atoms with E-state index in [9.17, 15) is 26.7 Å². The SMILES string of the molecule is C=CC1CC=C(c2cccc(F)c2F)CN(CC(F)(F)F)C1=O. The molecule has 0 saturated carbocycles. The molecule has 0 aromatic heterocycles. The van der Waals surface area contributed by atoms with E-state index >= 15 is 0 Å². The smallest absolute Gasteiger partial charge is 0.329 e. The lowest BCUT2D eigenvalue weighted by molar-refractivity contribution is -0.161. The van der Waals surface area contributed by atoms with E-state index in [-0.39, 0.29) is 17.6 Å². The van der Waals surface area contributed by atoms with Crippen LogP contribution in [0.4, 0.5) is 22.0 Å². The van der Waals surface area contributed by atoms with Crippen LogP contribution in [-0.2, 0) is 4.79 Å². The second-order valence-electron chi connectivity index (χ2n) is 5.22. The maximum atomic E-state index is 13.9. The number of amides is 1. The van der Waals surface area contributed by atoms with Gasteiger partial charge in [0.15, 0.2) is 11.6 Å². The Hall–Kier alpha value is -2.18. The molecule has 7 heteroatoms. The van der Waals surface area contributed by atoms with Crippen molar-refractivity contribution in [2.24, 2.45) is 5.92 Å². The van der Waals surface area contributed by atoms with E-state index in [4.69, 9.17) is 0 Å². The minimum absolute atomic E-state index is 0.0853. The first-order valence-electron chi connectivity index (χ1n) is 6.84. The van der Waals surface area contributed by atoms with Crippen molar-refractivity contribution >= 4 is 11.5 Å². The van der Waals surface area contributed by atoms with Gasteiger partial charge < -0.3 is 4.90 Å². The Morgan fingerprint density at radius 1 is 1.30 bits per heavy atom. The van der Waals surface area contributed by atoms with Gasteiger partial charge in [0.1, 0.15) is 6.54 Å². The molecule has 0 bridgehead atoms. The first-order chi connectivity index (χ1) is 10.7. The fraction of sp³-hybridized carbons (Fsp3) is 0.312. The van der Waals surface area contributed by atoms with Crippen molar-refractivity contribution in [2.45, 2.75) is 12.6 Å². The third-order valence-corrected chi connectivity index (χ3v) is 3.56. The normalized spacial score (nSPS) is 19.3. The Kier molecular flexibility index (Phi) is 4.87. The number of allylic oxidation sites excluding steroid dienone is 1. The topological polar surface area (TPSA) is 20.3 Å². The molecule has 2 rings (SSSR count). The summed E-state index contributed by atoms with van der Waals surface area (Å²) < 4.78 is 65.3. The molecule has 1 atom stereocenters. The average Bonchev–Trinajstić information content (AvgIpc) is 2.60. The fourth-order valence-electron chi connectivity index (χ4n) is 2.45. The summed E-state index contributed by atoms with van der Waals surface area (Å²) in [6.45, 7) is 1.55. The van der Waals surface area contributed by atoms with Crippen molar-refractivity contribution in [2.75, 3.05) is 13.1 Å². The van der Waals surface area contributed by atoms with Gasteiger partial charge in [-0.3, -0.25) is 4.79 Å². The standard InChI is InChI=1S/C16H14F5NO/c1-2-10-6-7-11(12-4-3-5-13(17)14(12)18)8-22(15(10)23)9-16(19,20)21/h2-5,7,10H,1,6,8-9H2. The van der Waals surface area contributed by atoms with Crippen molar-refractivity contribution in [3.05, 3.63) is 54.1 Å². The van der Waals surface area contributed by atoms with Crippen molar-refractivity contribution in [3.8, 4) is 0 Å². The van der Waals surface area contributed by atoms with Gasteiger partial charge >= 0.3 is 6.18 Å². The van der Waals surface area contributed by atoms with Gasteiger partial charge in [0.05, 0.1) is 5.92 Å². The highest BCUT2D eigenvalue weighted by Crippen LogP contribution is 2.29. The molecule has 1 aliphatic rings. The lowest BCUT2D eigenvalue weighted by atomic mass is 10.0. The predicted octanol–water partition coefficient (Wildman–Crippen LogP) is 3.95. The highest BCUT2D eigenvalue weighted by Gasteiger charge is 2.36. The van der Waals surface area contributed by atoms with Crippen molar-refractivity contribution in [1.82, 2.24) is 4.90 Å². The molecule has 0 spiro atoms. The van der Waals surface area contributed by atoms with Gasteiger partial charge in [-0.15, -0.1) is 6.58 Å². The highest BCUT2D eigenvalue weighted by molar-refractivity contribution is 5.85. The molecular formula is C16H14F5NO. The van der Waals surface area contributed by atoms with Crippen LogP contribution in [0.2, 0.25) is 0 Å². The number of carbonyl (C=O) groups is 1. The molecule has 0 aliphatic carbocycles. The van der Waals surface area contributed by atoms with E-state index in [0.717, 1.165) is 6.07 Å². The van der Waals surface area contributed by atoms with E-state index < -0.39 is 42.7 Å². The molecule has 0 radical (unpaired) electrons. The first-order valence-corrected chi connectivity index (χ1v) is 6.84. The number of carbonyl (C=O) groups excluding carboxylic acids is 1. The minimum atomic E-state index is -4.59. The Balaban J connectivity index is 2.40. The van der Waals surface area contributed by atoms with Crippen molar-refractivity contribution in [1.29, 1.82) is 0 Å². The molecule has 2 nitrogen and oxygen atoms in total. The summed E-state index contributed by atoms with van der Waals surface area (Å²) in [5.74, 6) is -3.80. The van der Waals surface area contributed by atoms with E-state index in [1.54, 1.807) is 0 Å². The summed E-state index contributed by atoms with van der Waals surface area (Å²) in [6.07, 6.45) is -1.79. The summed E-state index contributed by atoms with van der Waals surface area (Å²) in [5.41, 5.74) is -0.00126. The molecule has 1 aliphatic heterocycles. The number of alkyl halides is 3. The Morgan fingerprint density at radius 3 is 2.61 bits per heavy atom. The van der Waals surface area contributed by atoms with Gasteiger partial charge in [0.2, 0.25) is 5.91 Å². The molecule has 1 amide bonds. The number of nitrogens with zero attached hydrogens (tertiary/aromatic N) is 1. The zero-order valence-electron chi connectivity index (χ0n) is 12.0. The third kappa shape index (κ3) is 3.97. The minimum Gasteiger partial charge on any atom is -0.329 e. The molecular weight excluding hydrogens is 317 g/mol. The van der Waals surface area contributed by atoms with Crippen LogP contribution in [0.5, 0.6) is 0 Å². The van der Waals surface area contributed by atoms with Crippen LogP contribution in [-0.4, -0.2) is 30.1 Å². The Labute approximate surface area is 129 Å². The summed E-state index contributed by atoms with van der Waals surface area (Å²) in [4.78, 5) is 12.7. The first kappa shape index (κ1) is 17.2. The fourth-order valence-corrected chi connectivity index (χ4v) is 2.45. The summed E-state index contributed by atoms with van der Waals surface area (Å²) >= 11 is 0. The summed E-state index contributed by atoms with van der Waals surface area (Å²) in [7, 11) is 0. The van der Waals surface area contributed by atoms with Crippen LogP contribution >= 0.6 is 0 Å². The monoisotopic (exact) mass is 331 g/mol. The zero-order chi connectivity index (χ0) is 17.2. The number of rotatable bonds is 3. The molecule has 124 valence electrons. The molecule has 0 saturated heterocycles. The van der Waals surface area contributed by atoms with Crippen LogP contribution in [0.3, 0.4) is 0 Å². The third-order valence-electron chi connectivity index (χ3n) is 3.56. The molecule has 0 fully saturated rings. The Morgan fingerprint density at radius 2 is 2.00 bits per heavy atom. The largest absolute Gasteiger partial charge is 0.406 e. The van der Waals surface area contributed by atoms with E-state index in [0.29, 0.717) is 4.90 Å². The van der Waals surface area contributed by atoms with Crippen LogP contribution in [0.1, 0.15) is 12.0 Å². The number of halogens is 5. The summed E-state index contributed by atoms with van der Waals surface area (Å²) in [5, 5.41) is 0. The van der Waals surface area contributed by atoms with E-state index in [1.165, 1.54) is 24.3 Å². The van der Waals surface area contributed by atoms with Crippen LogP contribution in [0, 0.1) is 17.6 Å². The molecule has 1 heterocycles. The van der Waals surface area contributed by atoms with Crippen LogP contribution in [0.25, 0.3) is 5.57 Å². The quantitative estimate of drug-likeness (QED) is 0.607. The van der Waals surface area contributed by atoms with Crippen molar-refractivity contribution in [3.63, 3.8) is 0 Å². The zero-order valence-corrected chi connectivity index (χ0v) is 12.0. The second-order valence-corrected chi connectivity index (χ2v) is 5.22. The average molecular weight is 331 g/mol. The molecule has 1 unspecified atom stereocenters. The van der Waals surface area contributed by atoms with Gasteiger partial charge in [0.25, 0.3) is 0 Å². The molecule has 1 aromatic carbocycles. The van der Waals surface area contributed by atoms with E-state index in [1.807, 2.05) is 0 Å². The van der Waals surface area contributed by atoms with Gasteiger partial charge in [0, 0.05) is 12.1 Å². The number of hydrogen-bond donors (Lipinski definition) is 0. The van der Waals surface area contributed by atoms with Crippen molar-refractivity contribution < 1.29 is 26.7 Å². The molecule has 0 N–H and O–H groups in total.